The molecule has 42 heavy (non-hydrogen) atoms. The largest absolute Gasteiger partial charge is 0.0616 e. The average Bonchev–Trinajstić information content (AvgIpc) is 3.39. The molecule has 0 heterocycles. The Labute approximate surface area is 245 Å². The average molecular weight is 531 g/mol. The molecule has 0 aromatic heterocycles. The quantitative estimate of drug-likeness (QED) is 0.213. The molecule has 0 aliphatic heterocycles. The van der Waals surface area contributed by atoms with Crippen LogP contribution in [0.1, 0.15) is 0 Å². The van der Waals surface area contributed by atoms with Crippen LogP contribution in [-0.2, 0) is 0 Å². The van der Waals surface area contributed by atoms with Gasteiger partial charge in [-0.1, -0.05) is 127 Å². The molecule has 194 valence electrons. The first-order valence-electron chi connectivity index (χ1n) is 14.6. The minimum absolute atomic E-state index is 1.23. The number of benzene rings is 8. The van der Waals surface area contributed by atoms with Gasteiger partial charge in [-0.2, -0.15) is 0 Å². The van der Waals surface area contributed by atoms with Crippen LogP contribution in [0.5, 0.6) is 0 Å². The standard InChI is InChI=1S/C42H26/c1-2-7-30-22-31(17-16-27(30)6-1)28-12-14-29(15-13-28)32-18-19-34-24-35(21-20-33(34)23-32)37-25-36-8-5-11-40-38-9-3-4-10-39(38)41(26-37)42(36)40/h1-26H. The van der Waals surface area contributed by atoms with Crippen LogP contribution in [0.4, 0.5) is 0 Å². The first-order chi connectivity index (χ1) is 20.8. The molecule has 9 rings (SSSR count). The van der Waals surface area contributed by atoms with Crippen molar-refractivity contribution in [1.29, 1.82) is 0 Å². The van der Waals surface area contributed by atoms with E-state index in [1.807, 2.05) is 0 Å². The Morgan fingerprint density at radius 3 is 1.31 bits per heavy atom. The van der Waals surface area contributed by atoms with Crippen LogP contribution in [0.25, 0.3) is 88.0 Å². The number of fused-ring (bicyclic) bond motifs is 5. The summed E-state index contributed by atoms with van der Waals surface area (Å²) in [6.07, 6.45) is 0. The molecular formula is C42H26. The molecule has 0 fully saturated rings. The molecule has 0 amide bonds. The third-order valence-electron chi connectivity index (χ3n) is 8.96. The van der Waals surface area contributed by atoms with Crippen molar-refractivity contribution in [3.8, 4) is 55.6 Å². The van der Waals surface area contributed by atoms with E-state index in [-0.39, 0.29) is 0 Å². The highest BCUT2D eigenvalue weighted by atomic mass is 14.2. The lowest BCUT2D eigenvalue weighted by Crippen LogP contribution is -1.84. The van der Waals surface area contributed by atoms with E-state index in [0.29, 0.717) is 0 Å². The Balaban J connectivity index is 1.06. The van der Waals surface area contributed by atoms with E-state index in [1.54, 1.807) is 0 Å². The summed E-state index contributed by atoms with van der Waals surface area (Å²) in [4.78, 5) is 0. The van der Waals surface area contributed by atoms with E-state index in [2.05, 4.69) is 158 Å². The molecule has 0 spiro atoms. The fourth-order valence-corrected chi connectivity index (χ4v) is 6.81. The van der Waals surface area contributed by atoms with E-state index >= 15 is 0 Å². The first-order valence-corrected chi connectivity index (χ1v) is 14.6. The highest BCUT2D eigenvalue weighted by Gasteiger charge is 2.21. The Kier molecular flexibility index (Phi) is 5.00. The topological polar surface area (TPSA) is 0 Å². The second-order valence-electron chi connectivity index (χ2n) is 11.4. The van der Waals surface area contributed by atoms with Crippen LogP contribution >= 0.6 is 0 Å². The zero-order chi connectivity index (χ0) is 27.6. The fraction of sp³-hybridized carbons (Fsp3) is 0. The summed E-state index contributed by atoms with van der Waals surface area (Å²) in [5, 5.41) is 7.74. The van der Waals surface area contributed by atoms with Gasteiger partial charge in [0, 0.05) is 0 Å². The third kappa shape index (κ3) is 3.62. The first kappa shape index (κ1) is 23.3. The maximum atomic E-state index is 2.38. The van der Waals surface area contributed by atoms with E-state index in [4.69, 9.17) is 0 Å². The van der Waals surface area contributed by atoms with Gasteiger partial charge in [0.05, 0.1) is 0 Å². The molecule has 0 unspecified atom stereocenters. The van der Waals surface area contributed by atoms with Crippen LogP contribution in [0.3, 0.4) is 0 Å². The summed E-state index contributed by atoms with van der Waals surface area (Å²) in [6, 6.07) is 58.1. The number of hydrogen-bond acceptors (Lipinski definition) is 0. The molecule has 1 aliphatic rings. The zero-order valence-corrected chi connectivity index (χ0v) is 23.0. The summed E-state index contributed by atoms with van der Waals surface area (Å²) >= 11 is 0. The predicted octanol–water partition coefficient (Wildman–Crippen LogP) is 11.8. The van der Waals surface area contributed by atoms with Gasteiger partial charge in [0.2, 0.25) is 0 Å². The van der Waals surface area contributed by atoms with Crippen molar-refractivity contribution in [3.05, 3.63) is 158 Å². The minimum Gasteiger partial charge on any atom is -0.0616 e. The lowest BCUT2D eigenvalue weighted by Gasteiger charge is -2.10. The summed E-state index contributed by atoms with van der Waals surface area (Å²) < 4.78 is 0. The number of rotatable bonds is 3. The van der Waals surface area contributed by atoms with Crippen LogP contribution < -0.4 is 0 Å². The van der Waals surface area contributed by atoms with Crippen LogP contribution in [0, 0.1) is 0 Å². The molecule has 0 atom stereocenters. The van der Waals surface area contributed by atoms with Gasteiger partial charge >= 0.3 is 0 Å². The maximum Gasteiger partial charge on any atom is -0.00259 e. The summed E-state index contributed by atoms with van der Waals surface area (Å²) in [6.45, 7) is 0. The Hall–Kier alpha value is -5.46. The van der Waals surface area contributed by atoms with E-state index in [9.17, 15) is 0 Å². The van der Waals surface area contributed by atoms with Crippen molar-refractivity contribution in [2.75, 3.05) is 0 Å². The van der Waals surface area contributed by atoms with Gasteiger partial charge in [-0.05, 0) is 118 Å². The van der Waals surface area contributed by atoms with Crippen LogP contribution in [-0.4, -0.2) is 0 Å². The minimum atomic E-state index is 1.23. The Morgan fingerprint density at radius 2 is 0.643 bits per heavy atom. The van der Waals surface area contributed by atoms with Crippen molar-refractivity contribution in [2.45, 2.75) is 0 Å². The van der Waals surface area contributed by atoms with Gasteiger partial charge in [-0.25, -0.2) is 0 Å². The fourth-order valence-electron chi connectivity index (χ4n) is 6.81. The Bertz CT molecular complexity index is 2340. The summed E-state index contributed by atoms with van der Waals surface area (Å²) in [5.74, 6) is 0. The molecule has 0 N–H and O–H groups in total. The molecule has 1 aliphatic carbocycles. The van der Waals surface area contributed by atoms with Crippen molar-refractivity contribution in [3.63, 3.8) is 0 Å². The highest BCUT2D eigenvalue weighted by Crippen LogP contribution is 2.48. The van der Waals surface area contributed by atoms with Crippen LogP contribution in [0.2, 0.25) is 0 Å². The van der Waals surface area contributed by atoms with Crippen molar-refractivity contribution in [2.24, 2.45) is 0 Å². The molecule has 0 nitrogen and oxygen atoms in total. The molecule has 0 heteroatoms. The van der Waals surface area contributed by atoms with E-state index in [1.165, 1.54) is 88.0 Å². The molecule has 0 saturated heterocycles. The van der Waals surface area contributed by atoms with Crippen molar-refractivity contribution in [1.82, 2.24) is 0 Å². The van der Waals surface area contributed by atoms with Gasteiger partial charge in [0.15, 0.2) is 0 Å². The van der Waals surface area contributed by atoms with Gasteiger partial charge < -0.3 is 0 Å². The summed E-state index contributed by atoms with van der Waals surface area (Å²) in [7, 11) is 0. The molecule has 8 aromatic rings. The normalized spacial score (nSPS) is 11.8. The maximum absolute atomic E-state index is 2.38. The van der Waals surface area contributed by atoms with Gasteiger partial charge in [0.1, 0.15) is 0 Å². The monoisotopic (exact) mass is 530 g/mol. The molecule has 0 saturated carbocycles. The SMILES string of the molecule is c1ccc2c(c1)-c1cccc3cc(-c4ccc5cc(-c6ccc(-c7ccc8ccccc8c7)cc6)ccc5c4)cc-2c13. The van der Waals surface area contributed by atoms with Crippen LogP contribution in [0.15, 0.2) is 158 Å². The molecular weight excluding hydrogens is 504 g/mol. The zero-order valence-electron chi connectivity index (χ0n) is 23.0. The van der Waals surface area contributed by atoms with Crippen molar-refractivity contribution < 1.29 is 0 Å². The summed E-state index contributed by atoms with van der Waals surface area (Å²) in [5.41, 5.74) is 12.8. The van der Waals surface area contributed by atoms with Crippen molar-refractivity contribution >= 4 is 32.3 Å². The molecule has 0 radical (unpaired) electrons. The third-order valence-corrected chi connectivity index (χ3v) is 8.96. The molecule has 0 bridgehead atoms. The smallest absolute Gasteiger partial charge is 0.00259 e. The lowest BCUT2D eigenvalue weighted by molar-refractivity contribution is 1.61. The lowest BCUT2D eigenvalue weighted by atomic mass is 9.93. The predicted molar refractivity (Wildman–Crippen MR) is 180 cm³/mol. The highest BCUT2D eigenvalue weighted by molar-refractivity contribution is 6.16. The van der Waals surface area contributed by atoms with Gasteiger partial charge in [-0.3, -0.25) is 0 Å². The molecule has 8 aromatic carbocycles. The van der Waals surface area contributed by atoms with Gasteiger partial charge in [0.25, 0.3) is 0 Å². The number of hydrogen-bond donors (Lipinski definition) is 0. The van der Waals surface area contributed by atoms with Gasteiger partial charge in [-0.15, -0.1) is 0 Å². The van der Waals surface area contributed by atoms with E-state index in [0.717, 1.165) is 0 Å². The second-order valence-corrected chi connectivity index (χ2v) is 11.4. The Morgan fingerprint density at radius 1 is 0.214 bits per heavy atom. The van der Waals surface area contributed by atoms with E-state index < -0.39 is 0 Å². The second kappa shape index (κ2) is 9.03.